The summed E-state index contributed by atoms with van der Waals surface area (Å²) < 4.78 is 18.7. The molecule has 1 saturated heterocycles. The van der Waals surface area contributed by atoms with E-state index in [-0.39, 0.29) is 35.9 Å². The van der Waals surface area contributed by atoms with Crippen LogP contribution in [0.1, 0.15) is 15.9 Å². The lowest BCUT2D eigenvalue weighted by atomic mass is 9.98. The van der Waals surface area contributed by atoms with Crippen molar-refractivity contribution >= 4 is 11.9 Å². The molecule has 0 bridgehead atoms. The van der Waals surface area contributed by atoms with Gasteiger partial charge in [0.15, 0.2) is 0 Å². The number of methoxy groups -OCH3 is 1. The van der Waals surface area contributed by atoms with Crippen molar-refractivity contribution in [2.45, 2.75) is 30.8 Å². The Morgan fingerprint density at radius 3 is 2.42 bits per heavy atom. The number of nitrogens with one attached hydrogen (secondary N) is 1. The first-order valence-corrected chi connectivity index (χ1v) is 9.86. The summed E-state index contributed by atoms with van der Waals surface area (Å²) in [6, 6.07) is 3.82. The smallest absolute Gasteiger partial charge is 0.337 e. The third-order valence-electron chi connectivity index (χ3n) is 5.24. The quantitative estimate of drug-likeness (QED) is 0.205. The van der Waals surface area contributed by atoms with Gasteiger partial charge in [-0.05, 0) is 17.7 Å². The first-order chi connectivity index (χ1) is 14.7. The predicted molar refractivity (Wildman–Crippen MR) is 105 cm³/mol. The number of carbonyl (C=O) groups is 2. The van der Waals surface area contributed by atoms with Gasteiger partial charge in [-0.1, -0.05) is 6.07 Å². The molecule has 10 nitrogen and oxygen atoms in total. The van der Waals surface area contributed by atoms with Crippen molar-refractivity contribution in [1.82, 2.24) is 10.2 Å². The maximum absolute atomic E-state index is 14.1. The van der Waals surface area contributed by atoms with Gasteiger partial charge in [0, 0.05) is 32.1 Å². The van der Waals surface area contributed by atoms with Gasteiger partial charge in [0.25, 0.3) is 0 Å². The van der Waals surface area contributed by atoms with Gasteiger partial charge in [-0.25, -0.2) is 9.18 Å². The molecule has 1 aliphatic rings. The second-order valence-electron chi connectivity index (χ2n) is 7.60. The molecular weight excluding hydrogens is 415 g/mol. The average Bonchev–Trinajstić information content (AvgIpc) is 2.73. The van der Waals surface area contributed by atoms with Gasteiger partial charge in [-0.3, -0.25) is 4.79 Å². The molecule has 1 aromatic carbocycles. The van der Waals surface area contributed by atoms with E-state index in [0.717, 1.165) is 6.07 Å². The van der Waals surface area contributed by atoms with Gasteiger partial charge < -0.3 is 40.5 Å². The molecule has 0 aromatic heterocycles. The molecule has 4 atom stereocenters. The van der Waals surface area contributed by atoms with Crippen molar-refractivity contribution < 1.29 is 44.2 Å². The monoisotopic (exact) mass is 444 g/mol. The summed E-state index contributed by atoms with van der Waals surface area (Å²) in [4.78, 5) is 25.3. The molecule has 6 N–H and O–H groups in total. The molecule has 1 amide bonds. The van der Waals surface area contributed by atoms with Crippen LogP contribution in [0.3, 0.4) is 0 Å². The van der Waals surface area contributed by atoms with Gasteiger partial charge in [-0.2, -0.15) is 0 Å². The van der Waals surface area contributed by atoms with Crippen LogP contribution in [0.5, 0.6) is 0 Å². The van der Waals surface area contributed by atoms with E-state index in [1.807, 2.05) is 0 Å². The highest BCUT2D eigenvalue weighted by atomic mass is 19.1. The molecule has 0 unspecified atom stereocenters. The third kappa shape index (κ3) is 6.66. The lowest BCUT2D eigenvalue weighted by Gasteiger charge is -2.39. The van der Waals surface area contributed by atoms with Gasteiger partial charge >= 0.3 is 5.97 Å². The van der Waals surface area contributed by atoms with E-state index in [4.69, 9.17) is 5.11 Å². The molecule has 0 saturated carbocycles. The third-order valence-corrected chi connectivity index (χ3v) is 5.24. The summed E-state index contributed by atoms with van der Waals surface area (Å²) in [5.74, 6) is -1.46. The van der Waals surface area contributed by atoms with E-state index < -0.39 is 42.8 Å². The number of hydrogen-bond acceptors (Lipinski definition) is 9. The Bertz CT molecular complexity index is 759. The van der Waals surface area contributed by atoms with Crippen LogP contribution >= 0.6 is 0 Å². The fourth-order valence-electron chi connectivity index (χ4n) is 3.23. The Kier molecular flexibility index (Phi) is 9.29. The normalized spacial score (nSPS) is 18.1. The minimum atomic E-state index is -1.68. The molecule has 1 fully saturated rings. The van der Waals surface area contributed by atoms with Crippen molar-refractivity contribution in [1.29, 1.82) is 0 Å². The van der Waals surface area contributed by atoms with Gasteiger partial charge in [0.05, 0.1) is 31.8 Å². The van der Waals surface area contributed by atoms with Gasteiger partial charge in [0.2, 0.25) is 5.91 Å². The number of aliphatic hydroxyl groups is 5. The molecule has 1 aliphatic heterocycles. The number of aliphatic hydroxyl groups excluding tert-OH is 5. The number of halogens is 1. The zero-order valence-electron chi connectivity index (χ0n) is 17.1. The average molecular weight is 444 g/mol. The number of hydrogen-bond donors (Lipinski definition) is 6. The summed E-state index contributed by atoms with van der Waals surface area (Å²) in [6.07, 6.45) is -6.36. The molecular formula is C20H29FN2O8. The second-order valence-corrected chi connectivity index (χ2v) is 7.60. The number of nitrogens with zero attached hydrogens (tertiary/aromatic N) is 1. The van der Waals surface area contributed by atoms with Gasteiger partial charge in [-0.15, -0.1) is 0 Å². The maximum Gasteiger partial charge on any atom is 0.337 e. The topological polar surface area (TPSA) is 160 Å². The van der Waals surface area contributed by atoms with Crippen molar-refractivity contribution in [3.8, 4) is 0 Å². The highest BCUT2D eigenvalue weighted by Crippen LogP contribution is 2.18. The number of rotatable bonds is 11. The van der Waals surface area contributed by atoms with Crippen molar-refractivity contribution in [2.24, 2.45) is 5.92 Å². The Hall–Kier alpha value is -2.15. The number of esters is 1. The van der Waals surface area contributed by atoms with Crippen LogP contribution < -0.4 is 5.32 Å². The molecule has 0 aliphatic carbocycles. The summed E-state index contributed by atoms with van der Waals surface area (Å²) in [5, 5.41) is 50.1. The number of likely N-dealkylation sites (tertiary alicyclic amines) is 1. The zero-order valence-corrected chi connectivity index (χ0v) is 17.1. The van der Waals surface area contributed by atoms with E-state index in [2.05, 4.69) is 10.1 Å². The fraction of sp³-hybridized carbons (Fsp3) is 0.600. The molecule has 1 aromatic rings. The summed E-state index contributed by atoms with van der Waals surface area (Å²) in [6.45, 7) is 0.521. The van der Waals surface area contributed by atoms with E-state index >= 15 is 0 Å². The van der Waals surface area contributed by atoms with Crippen LogP contribution in [-0.4, -0.2) is 107 Å². The standard InChI is InChI=1S/C20H29FN2O8/c1-31-20(30)13-3-2-12(14(21)4-13)5-17(27)23-8-11(9-23)6-22-7-15(25)18(28)19(29)16(26)10-24/h2-4,11,15-16,18-19,22,24-26,28-29H,5-10H2,1H3/t15-,16+,18+,19+/m0/s1. The van der Waals surface area contributed by atoms with Crippen LogP contribution in [0.2, 0.25) is 0 Å². The van der Waals surface area contributed by atoms with E-state index in [0.29, 0.717) is 19.6 Å². The second kappa shape index (κ2) is 11.5. The highest BCUT2D eigenvalue weighted by molar-refractivity contribution is 5.89. The first kappa shape index (κ1) is 25.1. The van der Waals surface area contributed by atoms with Crippen molar-refractivity contribution in [2.75, 3.05) is 39.9 Å². The molecule has 2 rings (SSSR count). The minimum Gasteiger partial charge on any atom is -0.465 e. The molecule has 31 heavy (non-hydrogen) atoms. The number of ether oxygens (including phenoxy) is 1. The van der Waals surface area contributed by atoms with E-state index in [1.165, 1.54) is 19.2 Å². The number of amides is 1. The summed E-state index contributed by atoms with van der Waals surface area (Å²) >= 11 is 0. The van der Waals surface area contributed by atoms with Crippen LogP contribution in [0.25, 0.3) is 0 Å². The fourth-order valence-corrected chi connectivity index (χ4v) is 3.23. The first-order valence-electron chi connectivity index (χ1n) is 9.86. The van der Waals surface area contributed by atoms with Crippen LogP contribution in [0.4, 0.5) is 4.39 Å². The Morgan fingerprint density at radius 2 is 1.84 bits per heavy atom. The Morgan fingerprint density at radius 1 is 1.19 bits per heavy atom. The predicted octanol–water partition coefficient (Wildman–Crippen LogP) is -2.36. The largest absolute Gasteiger partial charge is 0.465 e. The molecule has 11 heteroatoms. The lowest BCUT2D eigenvalue weighted by molar-refractivity contribution is -0.136. The van der Waals surface area contributed by atoms with Crippen molar-refractivity contribution in [3.63, 3.8) is 0 Å². The van der Waals surface area contributed by atoms with E-state index in [1.54, 1.807) is 4.90 Å². The molecule has 174 valence electrons. The van der Waals surface area contributed by atoms with E-state index in [9.17, 15) is 34.4 Å². The number of carbonyl (C=O) groups excluding carboxylic acids is 2. The Balaban J connectivity index is 1.71. The molecule has 0 spiro atoms. The zero-order chi connectivity index (χ0) is 23.1. The molecule has 1 heterocycles. The SMILES string of the molecule is COC(=O)c1ccc(CC(=O)N2CC(CNC[C@H](O)[C@@H](O)[C@H](O)[C@H](O)CO)C2)c(F)c1. The number of benzene rings is 1. The maximum atomic E-state index is 14.1. The van der Waals surface area contributed by atoms with Crippen LogP contribution in [0.15, 0.2) is 18.2 Å². The lowest BCUT2D eigenvalue weighted by Crippen LogP contribution is -2.55. The summed E-state index contributed by atoms with van der Waals surface area (Å²) in [7, 11) is 1.20. The highest BCUT2D eigenvalue weighted by Gasteiger charge is 2.32. The van der Waals surface area contributed by atoms with Crippen LogP contribution in [0, 0.1) is 11.7 Å². The Labute approximate surface area is 178 Å². The summed E-state index contributed by atoms with van der Waals surface area (Å²) in [5.41, 5.74) is 0.247. The van der Waals surface area contributed by atoms with Crippen LogP contribution in [-0.2, 0) is 16.0 Å². The minimum absolute atomic E-state index is 0.0570. The van der Waals surface area contributed by atoms with Crippen molar-refractivity contribution in [3.05, 3.63) is 35.1 Å². The van der Waals surface area contributed by atoms with Gasteiger partial charge in [0.1, 0.15) is 24.1 Å². The molecule has 0 radical (unpaired) electrons.